The normalized spacial score (nSPS) is 24.1. The summed E-state index contributed by atoms with van der Waals surface area (Å²) in [6.45, 7) is 6.81. The van der Waals surface area contributed by atoms with E-state index in [1.54, 1.807) is 24.4 Å². The average molecular weight is 918 g/mol. The molecule has 334 valence electrons. The number of para-hydroxylation sites is 1. The van der Waals surface area contributed by atoms with Crippen LogP contribution in [0.1, 0.15) is 69.3 Å². The summed E-state index contributed by atoms with van der Waals surface area (Å²) in [6, 6.07) is 15.3. The quantitative estimate of drug-likeness (QED) is 0.0926. The smallest absolute Gasteiger partial charge is 0.338 e. The molecular formula is C46H44Cl2F2N6O8. The fourth-order valence-electron chi connectivity index (χ4n) is 9.39. The zero-order valence-corrected chi connectivity index (χ0v) is 36.7. The van der Waals surface area contributed by atoms with E-state index in [0.717, 1.165) is 68.1 Å². The lowest BCUT2D eigenvalue weighted by Crippen LogP contribution is -2.33. The first kappa shape index (κ1) is 42.6. The molecule has 11 rings (SSSR count). The second-order valence-electron chi connectivity index (χ2n) is 16.8. The first-order valence-corrected chi connectivity index (χ1v) is 22.0. The molecule has 4 aliphatic heterocycles. The molecule has 3 aromatic heterocycles. The summed E-state index contributed by atoms with van der Waals surface area (Å²) < 4.78 is 66.4. The Kier molecular flexibility index (Phi) is 11.2. The number of carbonyl (C=O) groups excluding carboxylic acids is 2. The van der Waals surface area contributed by atoms with Gasteiger partial charge in [-0.1, -0.05) is 23.7 Å². The second kappa shape index (κ2) is 16.9. The highest BCUT2D eigenvalue weighted by Gasteiger charge is 2.58. The van der Waals surface area contributed by atoms with E-state index < -0.39 is 29.4 Å². The summed E-state index contributed by atoms with van der Waals surface area (Å²) in [5.74, 6) is 1.05. The summed E-state index contributed by atoms with van der Waals surface area (Å²) in [5.41, 5.74) is 3.73. The number of ether oxygens (including phenoxy) is 6. The lowest BCUT2D eigenvalue weighted by molar-refractivity contribution is -0.0721. The van der Waals surface area contributed by atoms with Gasteiger partial charge < -0.3 is 37.6 Å². The minimum Gasteiger partial charge on any atom is -0.465 e. The van der Waals surface area contributed by atoms with Gasteiger partial charge in [-0.2, -0.15) is 0 Å². The van der Waals surface area contributed by atoms with Gasteiger partial charge in [0.05, 0.1) is 79.1 Å². The number of halogens is 4. The van der Waals surface area contributed by atoms with E-state index in [1.807, 2.05) is 34.3 Å². The first-order valence-electron chi connectivity index (χ1n) is 21.1. The number of piperidine rings is 1. The molecule has 3 saturated heterocycles. The van der Waals surface area contributed by atoms with Crippen LogP contribution >= 0.6 is 23.2 Å². The van der Waals surface area contributed by atoms with E-state index in [-0.39, 0.29) is 40.2 Å². The SMILES string of the molecule is COC(=O)c1cc(F)c2nc(CCl)n(C[C@@H]3CCO3)c2c1.COC(=O)c1cc(F)c2nc(CN3C[C@@H]4C(c5cccc6c5OC(C)(c5ccc(Cl)cn5)O6)[C@@H]4C3)n(C[C@@H]3CCO3)c2c1. The number of imidazole rings is 2. The minimum atomic E-state index is -1.02. The Morgan fingerprint density at radius 2 is 1.41 bits per heavy atom. The van der Waals surface area contributed by atoms with Crippen molar-refractivity contribution in [2.45, 2.75) is 69.2 Å². The Labute approximate surface area is 376 Å². The molecule has 0 spiro atoms. The Balaban J connectivity index is 0.000000194. The van der Waals surface area contributed by atoms with E-state index in [2.05, 4.69) is 25.7 Å². The topological polar surface area (TPSA) is 141 Å². The average Bonchev–Trinajstić information content (AvgIpc) is 3.68. The van der Waals surface area contributed by atoms with Crippen molar-refractivity contribution in [1.29, 1.82) is 0 Å². The predicted molar refractivity (Wildman–Crippen MR) is 230 cm³/mol. The van der Waals surface area contributed by atoms with Crippen molar-refractivity contribution >= 4 is 57.2 Å². The van der Waals surface area contributed by atoms with Gasteiger partial charge in [0.2, 0.25) is 0 Å². The fraction of sp³-hybridized carbons (Fsp3) is 0.413. The van der Waals surface area contributed by atoms with Crippen LogP contribution in [0, 0.1) is 23.5 Å². The zero-order valence-electron chi connectivity index (χ0n) is 35.2. The van der Waals surface area contributed by atoms with Crippen LogP contribution in [0.4, 0.5) is 8.78 Å². The van der Waals surface area contributed by atoms with Crippen molar-refractivity contribution in [3.8, 4) is 11.5 Å². The summed E-state index contributed by atoms with van der Waals surface area (Å²) in [7, 11) is 2.55. The third-order valence-corrected chi connectivity index (χ3v) is 13.4. The lowest BCUT2D eigenvalue weighted by Gasteiger charge is -2.28. The Morgan fingerprint density at radius 3 is 1.92 bits per heavy atom. The van der Waals surface area contributed by atoms with Crippen molar-refractivity contribution in [2.75, 3.05) is 40.5 Å². The molecule has 0 bridgehead atoms. The lowest BCUT2D eigenvalue weighted by atomic mass is 10.0. The van der Waals surface area contributed by atoms with Crippen molar-refractivity contribution in [2.24, 2.45) is 11.8 Å². The maximum Gasteiger partial charge on any atom is 0.338 e. The Hall–Kier alpha value is -5.39. The number of benzene rings is 3. The highest BCUT2D eigenvalue weighted by atomic mass is 35.5. The maximum absolute atomic E-state index is 15.1. The van der Waals surface area contributed by atoms with Crippen molar-refractivity contribution in [3.05, 3.63) is 111 Å². The number of aromatic nitrogens is 5. The van der Waals surface area contributed by atoms with Gasteiger partial charge in [-0.25, -0.2) is 28.3 Å². The molecule has 5 aliphatic rings. The molecule has 1 aliphatic carbocycles. The van der Waals surface area contributed by atoms with Crippen LogP contribution in [0.3, 0.4) is 0 Å². The summed E-state index contributed by atoms with van der Waals surface area (Å²) in [5, 5.41) is 0.557. The number of likely N-dealkylation sites (tertiary alicyclic amines) is 1. The van der Waals surface area contributed by atoms with Gasteiger partial charge in [0.25, 0.3) is 5.79 Å². The van der Waals surface area contributed by atoms with Crippen LogP contribution in [0.15, 0.2) is 60.8 Å². The molecule has 0 amide bonds. The van der Waals surface area contributed by atoms with Crippen LogP contribution in [0.5, 0.6) is 11.5 Å². The van der Waals surface area contributed by atoms with Crippen LogP contribution in [0.25, 0.3) is 22.1 Å². The molecule has 18 heteroatoms. The molecular weight excluding hydrogens is 873 g/mol. The minimum absolute atomic E-state index is 0.0495. The molecule has 0 N–H and O–H groups in total. The van der Waals surface area contributed by atoms with Gasteiger partial charge >= 0.3 is 11.9 Å². The van der Waals surface area contributed by atoms with Gasteiger partial charge in [-0.15, -0.1) is 11.6 Å². The summed E-state index contributed by atoms with van der Waals surface area (Å²) in [6.07, 6.45) is 3.61. The molecule has 3 aromatic carbocycles. The predicted octanol–water partition coefficient (Wildman–Crippen LogP) is 7.78. The monoisotopic (exact) mass is 916 g/mol. The first-order chi connectivity index (χ1) is 30.9. The number of rotatable bonds is 11. The van der Waals surface area contributed by atoms with Gasteiger partial charge in [0.1, 0.15) is 28.4 Å². The zero-order chi connectivity index (χ0) is 44.4. The largest absolute Gasteiger partial charge is 0.465 e. The van der Waals surface area contributed by atoms with Crippen molar-refractivity contribution in [3.63, 3.8) is 0 Å². The number of pyridine rings is 1. The van der Waals surface area contributed by atoms with Gasteiger partial charge in [-0.05, 0) is 73.1 Å². The van der Waals surface area contributed by atoms with Crippen molar-refractivity contribution < 1.29 is 46.8 Å². The van der Waals surface area contributed by atoms with Crippen LogP contribution in [-0.4, -0.2) is 93.7 Å². The number of esters is 2. The van der Waals surface area contributed by atoms with Gasteiger partial charge in [0.15, 0.2) is 23.1 Å². The van der Waals surface area contributed by atoms with E-state index in [0.29, 0.717) is 65.0 Å². The molecule has 2 unspecified atom stereocenters. The molecule has 6 aromatic rings. The number of fused-ring (bicyclic) bond motifs is 4. The number of carbonyl (C=O) groups is 2. The van der Waals surface area contributed by atoms with Crippen molar-refractivity contribution in [1.82, 2.24) is 29.0 Å². The van der Waals surface area contributed by atoms with E-state index in [4.69, 9.17) is 51.9 Å². The fourth-order valence-corrected chi connectivity index (χ4v) is 9.70. The molecule has 4 fully saturated rings. The van der Waals surface area contributed by atoms with Gasteiger partial charge in [-0.3, -0.25) is 9.88 Å². The third-order valence-electron chi connectivity index (χ3n) is 12.9. The Morgan fingerprint density at radius 1 is 0.828 bits per heavy atom. The molecule has 6 atom stereocenters. The number of alkyl halides is 1. The maximum atomic E-state index is 15.1. The van der Waals surface area contributed by atoms with Crippen LogP contribution in [0.2, 0.25) is 5.02 Å². The van der Waals surface area contributed by atoms with Crippen LogP contribution < -0.4 is 9.47 Å². The second-order valence-corrected chi connectivity index (χ2v) is 17.5. The van der Waals surface area contributed by atoms with E-state index in [1.165, 1.54) is 20.3 Å². The molecule has 14 nitrogen and oxygen atoms in total. The third kappa shape index (κ3) is 7.72. The molecule has 0 radical (unpaired) electrons. The summed E-state index contributed by atoms with van der Waals surface area (Å²) >= 11 is 11.9. The molecule has 64 heavy (non-hydrogen) atoms. The molecule has 7 heterocycles. The highest BCUT2D eigenvalue weighted by Crippen LogP contribution is 2.62. The number of hydrogen-bond donors (Lipinski definition) is 0. The number of hydrogen-bond acceptors (Lipinski definition) is 12. The van der Waals surface area contributed by atoms with Crippen LogP contribution in [-0.2, 0) is 50.2 Å². The van der Waals surface area contributed by atoms with E-state index >= 15 is 4.39 Å². The Bertz CT molecular complexity index is 2780. The highest BCUT2D eigenvalue weighted by molar-refractivity contribution is 6.30. The number of methoxy groups -OCH3 is 2. The van der Waals surface area contributed by atoms with Gasteiger partial charge in [0, 0.05) is 45.0 Å². The summed E-state index contributed by atoms with van der Waals surface area (Å²) in [4.78, 5) is 39.6. The number of nitrogens with zero attached hydrogens (tertiary/aromatic N) is 6. The van der Waals surface area contributed by atoms with E-state index in [9.17, 15) is 14.0 Å². The molecule has 1 saturated carbocycles. The standard InChI is InChI=1S/C32H30ClFN4O5.C14H14ClFN2O3/c1-32(26-7-6-18(33)12-35-26)42-25-5-3-4-20(30(25)43-32)28-21-14-37(15-22(21)28)16-27-36-29-23(34)10-17(31(39)40-2)11-24(29)38(27)13-19-8-9-41-19;1-20-14(19)8-4-10(16)13-11(5-8)18(12(6-15)17-13)7-9-2-3-21-9/h3-7,10-12,19,21-22,28H,8-9,13-16H2,1-2H3;4-5,9H,2-3,6-7H2,1H3/t19-,21-,22+,28?,32?;9-/m00/s1.